The fourth-order valence-electron chi connectivity index (χ4n) is 2.81. The monoisotopic (exact) mass is 351 g/mol. The maximum Gasteiger partial charge on any atom is 0.341 e. The van der Waals surface area contributed by atoms with Crippen molar-refractivity contribution in [3.05, 3.63) is 28.2 Å². The number of anilines is 1. The summed E-state index contributed by atoms with van der Waals surface area (Å²) < 4.78 is 5.13. The van der Waals surface area contributed by atoms with E-state index < -0.39 is 17.8 Å². The van der Waals surface area contributed by atoms with Crippen LogP contribution in [0.2, 0.25) is 0 Å². The lowest BCUT2D eigenvalue weighted by molar-refractivity contribution is -0.131. The summed E-state index contributed by atoms with van der Waals surface area (Å²) in [5.74, 6) is -1.63. The molecule has 2 rings (SSSR count). The highest BCUT2D eigenvalue weighted by Gasteiger charge is 2.29. The fourth-order valence-corrected chi connectivity index (χ4v) is 4.16. The lowest BCUT2D eigenvalue weighted by Gasteiger charge is -2.20. The maximum atomic E-state index is 12.3. The van der Waals surface area contributed by atoms with Crippen molar-refractivity contribution in [1.82, 2.24) is 0 Å². The van der Waals surface area contributed by atoms with E-state index in [0.29, 0.717) is 16.5 Å². The molecule has 0 spiro atoms. The molecule has 0 saturated heterocycles. The highest BCUT2D eigenvalue weighted by molar-refractivity contribution is 7.17. The molecule has 24 heavy (non-hydrogen) atoms. The van der Waals surface area contributed by atoms with Crippen LogP contribution in [0.3, 0.4) is 0 Å². The van der Waals surface area contributed by atoms with Gasteiger partial charge in [-0.1, -0.05) is 13.3 Å². The van der Waals surface area contributed by atoms with E-state index in [1.54, 1.807) is 6.92 Å². The molecular weight excluding hydrogens is 330 g/mol. The van der Waals surface area contributed by atoms with E-state index in [0.717, 1.165) is 48.3 Å². The average Bonchev–Trinajstić information content (AvgIpc) is 2.89. The van der Waals surface area contributed by atoms with Crippen molar-refractivity contribution in [2.75, 3.05) is 11.9 Å². The van der Waals surface area contributed by atoms with Gasteiger partial charge >= 0.3 is 11.9 Å². The molecule has 0 unspecified atom stereocenters. The summed E-state index contributed by atoms with van der Waals surface area (Å²) in [6.07, 6.45) is 5.47. The van der Waals surface area contributed by atoms with Crippen molar-refractivity contribution >= 4 is 34.2 Å². The van der Waals surface area contributed by atoms with Crippen LogP contribution in [0.5, 0.6) is 0 Å². The molecular formula is C17H21NO5S. The van der Waals surface area contributed by atoms with E-state index in [1.165, 1.54) is 11.3 Å². The van der Waals surface area contributed by atoms with Crippen molar-refractivity contribution < 1.29 is 24.2 Å². The van der Waals surface area contributed by atoms with Crippen molar-refractivity contribution in [3.63, 3.8) is 0 Å². The van der Waals surface area contributed by atoms with Crippen LogP contribution in [0.4, 0.5) is 5.00 Å². The van der Waals surface area contributed by atoms with Gasteiger partial charge in [-0.15, -0.1) is 11.3 Å². The number of carbonyl (C=O) groups is 3. The van der Waals surface area contributed by atoms with Crippen molar-refractivity contribution in [3.8, 4) is 0 Å². The van der Waals surface area contributed by atoms with E-state index in [9.17, 15) is 14.4 Å². The first kappa shape index (κ1) is 18.2. The third-order valence-electron chi connectivity index (χ3n) is 4.04. The Morgan fingerprint density at radius 2 is 2.08 bits per heavy atom. The normalized spacial score (nSPS) is 16.7. The van der Waals surface area contributed by atoms with E-state index in [-0.39, 0.29) is 6.61 Å². The Hall–Kier alpha value is -2.15. The predicted octanol–water partition coefficient (Wildman–Crippen LogP) is 3.02. The lowest BCUT2D eigenvalue weighted by atomic mass is 9.85. The van der Waals surface area contributed by atoms with Crippen LogP contribution in [0.25, 0.3) is 0 Å². The van der Waals surface area contributed by atoms with Gasteiger partial charge in [0, 0.05) is 17.0 Å². The summed E-state index contributed by atoms with van der Waals surface area (Å²) in [6, 6.07) is 0. The van der Waals surface area contributed by atoms with Crippen molar-refractivity contribution in [2.45, 2.75) is 39.5 Å². The summed E-state index contributed by atoms with van der Waals surface area (Å²) in [6.45, 7) is 4.14. The van der Waals surface area contributed by atoms with Gasteiger partial charge in [0.25, 0.3) is 0 Å². The highest BCUT2D eigenvalue weighted by Crippen LogP contribution is 2.40. The van der Waals surface area contributed by atoms with Crippen LogP contribution in [-0.2, 0) is 27.2 Å². The minimum atomic E-state index is -1.20. The second-order valence-corrected chi connectivity index (χ2v) is 6.71. The van der Waals surface area contributed by atoms with Crippen LogP contribution in [0.15, 0.2) is 12.2 Å². The number of nitrogens with one attached hydrogen (secondary N) is 1. The Labute approximate surface area is 144 Å². The zero-order valence-corrected chi connectivity index (χ0v) is 14.6. The number of thiophene rings is 1. The van der Waals surface area contributed by atoms with Gasteiger partial charge < -0.3 is 15.2 Å². The first-order valence-corrected chi connectivity index (χ1v) is 8.81. The SMILES string of the molecule is CCOC(=O)c1c(NC(=O)/C=C/C(=O)O)sc2c1CC[C@@H](CC)C2. The minimum Gasteiger partial charge on any atom is -0.478 e. The Bertz CT molecular complexity index is 677. The van der Waals surface area contributed by atoms with Gasteiger partial charge in [0.15, 0.2) is 0 Å². The Balaban J connectivity index is 2.32. The summed E-state index contributed by atoms with van der Waals surface area (Å²) in [5, 5.41) is 11.7. The average molecular weight is 351 g/mol. The first-order chi connectivity index (χ1) is 11.5. The molecule has 1 amide bonds. The summed E-state index contributed by atoms with van der Waals surface area (Å²) in [7, 11) is 0. The third-order valence-corrected chi connectivity index (χ3v) is 5.21. The first-order valence-electron chi connectivity index (χ1n) is 7.99. The number of ether oxygens (including phenoxy) is 1. The molecule has 0 bridgehead atoms. The van der Waals surface area contributed by atoms with Crippen molar-refractivity contribution in [2.24, 2.45) is 5.92 Å². The zero-order valence-electron chi connectivity index (χ0n) is 13.8. The highest BCUT2D eigenvalue weighted by atomic mass is 32.1. The molecule has 1 aliphatic carbocycles. The van der Waals surface area contributed by atoms with Crippen LogP contribution in [-0.4, -0.2) is 29.6 Å². The summed E-state index contributed by atoms with van der Waals surface area (Å²) in [5.41, 5.74) is 1.38. The van der Waals surface area contributed by atoms with Gasteiger partial charge in [0.1, 0.15) is 5.00 Å². The number of carboxylic acid groups (broad SMARTS) is 1. The predicted molar refractivity (Wildman–Crippen MR) is 91.5 cm³/mol. The van der Waals surface area contributed by atoms with E-state index in [1.807, 2.05) is 0 Å². The number of hydrogen-bond donors (Lipinski definition) is 2. The van der Waals surface area contributed by atoms with Crippen LogP contribution >= 0.6 is 11.3 Å². The number of hydrogen-bond acceptors (Lipinski definition) is 5. The molecule has 1 atom stereocenters. The van der Waals surface area contributed by atoms with Crippen LogP contribution < -0.4 is 5.32 Å². The molecule has 1 aromatic heterocycles. The smallest absolute Gasteiger partial charge is 0.341 e. The molecule has 130 valence electrons. The Morgan fingerprint density at radius 1 is 1.33 bits per heavy atom. The fraction of sp³-hybridized carbons (Fsp3) is 0.471. The molecule has 1 aromatic rings. The number of carboxylic acids is 1. The summed E-state index contributed by atoms with van der Waals surface area (Å²) in [4.78, 5) is 35.8. The Kier molecular flexibility index (Phi) is 6.14. The quantitative estimate of drug-likeness (QED) is 0.607. The minimum absolute atomic E-state index is 0.257. The molecule has 7 heteroatoms. The van der Waals surface area contributed by atoms with Gasteiger partial charge in [0.05, 0.1) is 12.2 Å². The van der Waals surface area contributed by atoms with E-state index in [4.69, 9.17) is 9.84 Å². The number of carbonyl (C=O) groups excluding carboxylic acids is 2. The molecule has 0 fully saturated rings. The maximum absolute atomic E-state index is 12.3. The number of esters is 1. The Morgan fingerprint density at radius 3 is 2.71 bits per heavy atom. The second-order valence-electron chi connectivity index (χ2n) is 5.61. The molecule has 2 N–H and O–H groups in total. The molecule has 1 heterocycles. The van der Waals surface area contributed by atoms with Crippen LogP contribution in [0, 0.1) is 5.92 Å². The molecule has 1 aliphatic rings. The lowest BCUT2D eigenvalue weighted by Crippen LogP contribution is -2.16. The van der Waals surface area contributed by atoms with Gasteiger partial charge in [-0.3, -0.25) is 4.79 Å². The molecule has 6 nitrogen and oxygen atoms in total. The number of aliphatic carboxylic acids is 1. The molecule has 0 radical (unpaired) electrons. The van der Waals surface area contributed by atoms with E-state index >= 15 is 0 Å². The molecule has 0 aliphatic heterocycles. The second kappa shape index (κ2) is 8.10. The van der Waals surface area contributed by atoms with Gasteiger partial charge in [-0.2, -0.15) is 0 Å². The standard InChI is InChI=1S/C17H21NO5S/c1-3-10-5-6-11-12(9-10)24-16(15(11)17(22)23-4-2)18-13(19)7-8-14(20)21/h7-8,10H,3-6,9H2,1-2H3,(H,18,19)(H,20,21)/b8-7+/t10-/m1/s1. The number of fused-ring (bicyclic) bond motifs is 1. The molecule has 0 aromatic carbocycles. The topological polar surface area (TPSA) is 92.7 Å². The van der Waals surface area contributed by atoms with E-state index in [2.05, 4.69) is 12.2 Å². The molecule has 0 saturated carbocycles. The summed E-state index contributed by atoms with van der Waals surface area (Å²) >= 11 is 1.38. The largest absolute Gasteiger partial charge is 0.478 e. The third kappa shape index (κ3) is 4.23. The number of amides is 1. The van der Waals surface area contributed by atoms with Gasteiger partial charge in [-0.05, 0) is 37.7 Å². The van der Waals surface area contributed by atoms with Crippen molar-refractivity contribution in [1.29, 1.82) is 0 Å². The van der Waals surface area contributed by atoms with Gasteiger partial charge in [-0.25, -0.2) is 9.59 Å². The zero-order chi connectivity index (χ0) is 17.7. The van der Waals surface area contributed by atoms with Gasteiger partial charge in [0.2, 0.25) is 5.91 Å². The van der Waals surface area contributed by atoms with Crippen LogP contribution in [0.1, 0.15) is 47.5 Å². The number of rotatable bonds is 6.